The van der Waals surface area contributed by atoms with Crippen LogP contribution in [0.15, 0.2) is 54.6 Å². The Morgan fingerprint density at radius 2 is 1.45 bits per heavy atom. The number of nitrogens with zero attached hydrogens (tertiary/aromatic N) is 1. The summed E-state index contributed by atoms with van der Waals surface area (Å²) in [5.74, 6) is 0.310. The molecule has 20 heavy (non-hydrogen) atoms. The lowest BCUT2D eigenvalue weighted by atomic mass is 10.1. The highest BCUT2D eigenvalue weighted by molar-refractivity contribution is 5.26. The van der Waals surface area contributed by atoms with Gasteiger partial charge < -0.3 is 10.8 Å². The van der Waals surface area contributed by atoms with Crippen molar-refractivity contribution in [1.29, 1.82) is 0 Å². The maximum absolute atomic E-state index is 9.34. The molecule has 3 nitrogen and oxygen atoms in total. The lowest BCUT2D eigenvalue weighted by Gasteiger charge is -2.22. The number of phenolic OH excluding ortho intramolecular Hbond substituents is 1. The molecule has 2 rings (SSSR count). The van der Waals surface area contributed by atoms with Crippen molar-refractivity contribution in [2.75, 3.05) is 13.1 Å². The molecule has 0 radical (unpaired) electrons. The number of hydrogen-bond acceptors (Lipinski definition) is 3. The number of hydrogen-bond donors (Lipinski definition) is 2. The minimum atomic E-state index is 0.310. The van der Waals surface area contributed by atoms with E-state index in [1.54, 1.807) is 12.1 Å². The van der Waals surface area contributed by atoms with E-state index in [9.17, 15) is 5.11 Å². The van der Waals surface area contributed by atoms with E-state index in [1.165, 1.54) is 11.1 Å². The SMILES string of the molecule is NCCCN(Cc1ccccc1)Cc1ccc(O)cc1. The fourth-order valence-electron chi connectivity index (χ4n) is 2.23. The lowest BCUT2D eigenvalue weighted by molar-refractivity contribution is 0.255. The molecule has 0 aliphatic heterocycles. The second kappa shape index (κ2) is 7.68. The maximum atomic E-state index is 9.34. The van der Waals surface area contributed by atoms with E-state index in [2.05, 4.69) is 29.2 Å². The molecule has 0 bridgehead atoms. The molecule has 106 valence electrons. The van der Waals surface area contributed by atoms with Gasteiger partial charge in [0.1, 0.15) is 5.75 Å². The van der Waals surface area contributed by atoms with Gasteiger partial charge in [-0.1, -0.05) is 42.5 Å². The van der Waals surface area contributed by atoms with Gasteiger partial charge in [0.25, 0.3) is 0 Å². The molecule has 0 aromatic heterocycles. The van der Waals surface area contributed by atoms with Crippen LogP contribution in [0.4, 0.5) is 0 Å². The predicted octanol–water partition coefficient (Wildman–Crippen LogP) is 2.74. The largest absolute Gasteiger partial charge is 0.508 e. The summed E-state index contributed by atoms with van der Waals surface area (Å²) in [6, 6.07) is 17.9. The van der Waals surface area contributed by atoms with Crippen molar-refractivity contribution < 1.29 is 5.11 Å². The molecular formula is C17H22N2O. The van der Waals surface area contributed by atoms with Crippen LogP contribution in [0.2, 0.25) is 0 Å². The first-order valence-electron chi connectivity index (χ1n) is 7.02. The van der Waals surface area contributed by atoms with Gasteiger partial charge in [-0.25, -0.2) is 0 Å². The molecule has 0 atom stereocenters. The zero-order chi connectivity index (χ0) is 14.2. The highest BCUT2D eigenvalue weighted by atomic mass is 16.3. The first kappa shape index (κ1) is 14.6. The first-order chi connectivity index (χ1) is 9.78. The Morgan fingerprint density at radius 3 is 2.05 bits per heavy atom. The van der Waals surface area contributed by atoms with Gasteiger partial charge in [0.15, 0.2) is 0 Å². The molecule has 3 N–H and O–H groups in total. The Hall–Kier alpha value is -1.84. The predicted molar refractivity (Wildman–Crippen MR) is 82.3 cm³/mol. The van der Waals surface area contributed by atoms with Crippen LogP contribution in [0.5, 0.6) is 5.75 Å². The third kappa shape index (κ3) is 4.68. The Kier molecular flexibility index (Phi) is 5.59. The number of phenols is 1. The minimum absolute atomic E-state index is 0.310. The zero-order valence-electron chi connectivity index (χ0n) is 11.7. The maximum Gasteiger partial charge on any atom is 0.115 e. The second-order valence-corrected chi connectivity index (χ2v) is 5.00. The van der Waals surface area contributed by atoms with Gasteiger partial charge in [0.05, 0.1) is 0 Å². The van der Waals surface area contributed by atoms with Crippen molar-refractivity contribution in [1.82, 2.24) is 4.90 Å². The summed E-state index contributed by atoms with van der Waals surface area (Å²) in [7, 11) is 0. The molecule has 2 aromatic rings. The van der Waals surface area contributed by atoms with Crippen LogP contribution >= 0.6 is 0 Å². The summed E-state index contributed by atoms with van der Waals surface area (Å²) in [6.45, 7) is 3.48. The van der Waals surface area contributed by atoms with Crippen LogP contribution in [0.25, 0.3) is 0 Å². The van der Waals surface area contributed by atoms with Crippen LogP contribution < -0.4 is 5.73 Å². The topological polar surface area (TPSA) is 49.5 Å². The van der Waals surface area contributed by atoms with E-state index in [0.717, 1.165) is 26.1 Å². The quantitative estimate of drug-likeness (QED) is 0.813. The highest BCUT2D eigenvalue weighted by Gasteiger charge is 2.06. The van der Waals surface area contributed by atoms with Crippen molar-refractivity contribution >= 4 is 0 Å². The van der Waals surface area contributed by atoms with Crippen molar-refractivity contribution in [3.05, 3.63) is 65.7 Å². The Labute approximate surface area is 120 Å². The summed E-state index contributed by atoms with van der Waals surface area (Å²) < 4.78 is 0. The molecule has 0 spiro atoms. The molecule has 2 aromatic carbocycles. The summed E-state index contributed by atoms with van der Waals surface area (Å²) in [6.07, 6.45) is 0.991. The molecular weight excluding hydrogens is 248 g/mol. The molecule has 0 aliphatic carbocycles. The molecule has 0 saturated heterocycles. The van der Waals surface area contributed by atoms with Crippen molar-refractivity contribution in [2.24, 2.45) is 5.73 Å². The molecule has 0 amide bonds. The van der Waals surface area contributed by atoms with Gasteiger partial charge in [0.2, 0.25) is 0 Å². The van der Waals surface area contributed by atoms with E-state index in [1.807, 2.05) is 18.2 Å². The molecule has 3 heteroatoms. The van der Waals surface area contributed by atoms with Gasteiger partial charge in [-0.05, 0) is 36.2 Å². The summed E-state index contributed by atoms with van der Waals surface area (Å²) in [4.78, 5) is 2.38. The van der Waals surface area contributed by atoms with E-state index < -0.39 is 0 Å². The van der Waals surface area contributed by atoms with Gasteiger partial charge in [0, 0.05) is 19.6 Å². The van der Waals surface area contributed by atoms with E-state index in [-0.39, 0.29) is 0 Å². The lowest BCUT2D eigenvalue weighted by Crippen LogP contribution is -2.25. The zero-order valence-corrected chi connectivity index (χ0v) is 11.7. The highest BCUT2D eigenvalue weighted by Crippen LogP contribution is 2.14. The van der Waals surface area contributed by atoms with Crippen LogP contribution in [-0.2, 0) is 13.1 Å². The van der Waals surface area contributed by atoms with Crippen LogP contribution in [0.3, 0.4) is 0 Å². The monoisotopic (exact) mass is 270 g/mol. The van der Waals surface area contributed by atoms with Crippen LogP contribution in [0.1, 0.15) is 17.5 Å². The fourth-order valence-corrected chi connectivity index (χ4v) is 2.23. The third-order valence-electron chi connectivity index (χ3n) is 3.27. The van der Waals surface area contributed by atoms with Gasteiger partial charge in [-0.3, -0.25) is 4.90 Å². The van der Waals surface area contributed by atoms with E-state index >= 15 is 0 Å². The van der Waals surface area contributed by atoms with Gasteiger partial charge in [-0.2, -0.15) is 0 Å². The summed E-state index contributed by atoms with van der Waals surface area (Å²) in [5, 5.41) is 9.34. The van der Waals surface area contributed by atoms with Gasteiger partial charge in [-0.15, -0.1) is 0 Å². The Morgan fingerprint density at radius 1 is 0.850 bits per heavy atom. The number of nitrogens with two attached hydrogens (primary N) is 1. The molecule has 0 fully saturated rings. The first-order valence-corrected chi connectivity index (χ1v) is 7.02. The number of rotatable bonds is 7. The number of benzene rings is 2. The third-order valence-corrected chi connectivity index (χ3v) is 3.27. The smallest absolute Gasteiger partial charge is 0.115 e. The summed E-state index contributed by atoms with van der Waals surface area (Å²) >= 11 is 0. The van der Waals surface area contributed by atoms with Gasteiger partial charge >= 0.3 is 0 Å². The normalized spacial score (nSPS) is 10.9. The van der Waals surface area contributed by atoms with Crippen molar-refractivity contribution in [2.45, 2.75) is 19.5 Å². The van der Waals surface area contributed by atoms with E-state index in [4.69, 9.17) is 5.73 Å². The molecule has 0 heterocycles. The fraction of sp³-hybridized carbons (Fsp3) is 0.294. The second-order valence-electron chi connectivity index (χ2n) is 5.00. The molecule has 0 unspecified atom stereocenters. The van der Waals surface area contributed by atoms with Crippen molar-refractivity contribution in [3.63, 3.8) is 0 Å². The average molecular weight is 270 g/mol. The minimum Gasteiger partial charge on any atom is -0.508 e. The average Bonchev–Trinajstić information content (AvgIpc) is 2.48. The number of aromatic hydroxyl groups is 1. The van der Waals surface area contributed by atoms with E-state index in [0.29, 0.717) is 12.3 Å². The van der Waals surface area contributed by atoms with Crippen molar-refractivity contribution in [3.8, 4) is 5.75 Å². The standard InChI is InChI=1S/C17H22N2O/c18-11-4-12-19(13-15-5-2-1-3-6-15)14-16-7-9-17(20)10-8-16/h1-3,5-10,20H,4,11-14,18H2. The Bertz CT molecular complexity index is 496. The van der Waals surface area contributed by atoms with Crippen LogP contribution in [0, 0.1) is 0 Å². The summed E-state index contributed by atoms with van der Waals surface area (Å²) in [5.41, 5.74) is 8.14. The molecule has 0 aliphatic rings. The Balaban J connectivity index is 2.01. The van der Waals surface area contributed by atoms with Crippen LogP contribution in [-0.4, -0.2) is 23.1 Å². The molecule has 0 saturated carbocycles.